The number of ether oxygens (including phenoxy) is 2. The smallest absolute Gasteiger partial charge is 0.318 e. The summed E-state index contributed by atoms with van der Waals surface area (Å²) in [6.07, 6.45) is -2.57. The van der Waals surface area contributed by atoms with Crippen LogP contribution in [0.2, 0.25) is 0 Å². The molecule has 1 aliphatic heterocycles. The lowest BCUT2D eigenvalue weighted by Gasteiger charge is -2.71. The van der Waals surface area contributed by atoms with Gasteiger partial charge in [0.2, 0.25) is 6.29 Å². The summed E-state index contributed by atoms with van der Waals surface area (Å²) in [6, 6.07) is 0. The molecule has 0 aromatic carbocycles. The Morgan fingerprint density at radius 3 is 2.22 bits per heavy atom. The number of aliphatic hydroxyl groups is 7. The lowest BCUT2D eigenvalue weighted by molar-refractivity contribution is -0.295. The molecule has 6 aliphatic rings. The zero-order valence-corrected chi connectivity index (χ0v) is 28.5. The molecule has 0 spiro atoms. The van der Waals surface area contributed by atoms with Crippen molar-refractivity contribution in [1.82, 2.24) is 0 Å². The normalized spacial score (nSPS) is 55.5. The molecule has 5 aliphatic carbocycles. The minimum Gasteiger partial charge on any atom is -0.432 e. The van der Waals surface area contributed by atoms with Crippen molar-refractivity contribution in [2.45, 2.75) is 142 Å². The van der Waals surface area contributed by atoms with Gasteiger partial charge >= 0.3 is 5.97 Å². The highest BCUT2D eigenvalue weighted by Gasteiger charge is 2.70. The Morgan fingerprint density at radius 1 is 0.870 bits per heavy atom. The van der Waals surface area contributed by atoms with Crippen LogP contribution in [0.4, 0.5) is 0 Å². The summed E-state index contributed by atoms with van der Waals surface area (Å²) in [5.41, 5.74) is 0.191. The summed E-state index contributed by atoms with van der Waals surface area (Å²) >= 11 is 0. The molecule has 5 fully saturated rings. The summed E-state index contributed by atoms with van der Waals surface area (Å²) in [6.45, 7) is 12.7. The van der Waals surface area contributed by atoms with Crippen LogP contribution in [0, 0.1) is 50.7 Å². The van der Waals surface area contributed by atoms with E-state index in [2.05, 4.69) is 34.6 Å². The predicted molar refractivity (Wildman–Crippen MR) is 168 cm³/mol. The summed E-state index contributed by atoms with van der Waals surface area (Å²) in [5.74, 6) is 0.334. The molecule has 0 radical (unpaired) electrons. The largest absolute Gasteiger partial charge is 0.432 e. The number of carbonyl (C=O) groups is 1. The monoisotopic (exact) mass is 650 g/mol. The van der Waals surface area contributed by atoms with Gasteiger partial charge in [-0.25, -0.2) is 0 Å². The lowest BCUT2D eigenvalue weighted by Crippen LogP contribution is -2.68. The second-order valence-corrected chi connectivity index (χ2v) is 17.2. The number of hydrogen-bond donors (Lipinski definition) is 7. The van der Waals surface area contributed by atoms with Gasteiger partial charge in [-0.05, 0) is 97.7 Å². The summed E-state index contributed by atoms with van der Waals surface area (Å²) < 4.78 is 11.5. The first kappa shape index (κ1) is 34.7. The molecule has 10 heteroatoms. The van der Waals surface area contributed by atoms with Crippen molar-refractivity contribution in [3.05, 3.63) is 11.1 Å². The maximum Gasteiger partial charge on any atom is 0.318 e. The van der Waals surface area contributed by atoms with Crippen molar-refractivity contribution in [2.24, 2.45) is 50.7 Å². The third kappa shape index (κ3) is 4.46. The van der Waals surface area contributed by atoms with E-state index in [-0.39, 0.29) is 40.6 Å². The molecule has 1 heterocycles. The van der Waals surface area contributed by atoms with Crippen molar-refractivity contribution >= 4 is 5.97 Å². The van der Waals surface area contributed by atoms with Gasteiger partial charge in [0.15, 0.2) is 0 Å². The van der Waals surface area contributed by atoms with Crippen LogP contribution in [-0.2, 0) is 14.3 Å². The molecule has 0 bridgehead atoms. The second-order valence-electron chi connectivity index (χ2n) is 17.2. The van der Waals surface area contributed by atoms with Crippen molar-refractivity contribution in [3.8, 4) is 0 Å². The van der Waals surface area contributed by atoms with Gasteiger partial charge in [0.05, 0.1) is 30.8 Å². The van der Waals surface area contributed by atoms with E-state index < -0.39 is 66.3 Å². The lowest BCUT2D eigenvalue weighted by atomic mass is 9.33. The van der Waals surface area contributed by atoms with E-state index in [0.717, 1.165) is 44.1 Å². The van der Waals surface area contributed by atoms with Gasteiger partial charge in [0.25, 0.3) is 0 Å². The molecule has 262 valence electrons. The van der Waals surface area contributed by atoms with Crippen LogP contribution in [-0.4, -0.2) is 97.8 Å². The Morgan fingerprint density at radius 2 is 1.57 bits per heavy atom. The molecular weight excluding hydrogens is 592 g/mol. The fraction of sp³-hybridized carbons (Fsp3) is 0.917. The zero-order valence-electron chi connectivity index (χ0n) is 28.5. The minimum atomic E-state index is -1.65. The van der Waals surface area contributed by atoms with E-state index >= 15 is 0 Å². The molecule has 0 aromatic rings. The molecule has 0 aromatic heterocycles. The van der Waals surface area contributed by atoms with Crippen LogP contribution in [0.1, 0.15) is 99.3 Å². The van der Waals surface area contributed by atoms with E-state index in [4.69, 9.17) is 9.47 Å². The van der Waals surface area contributed by atoms with Crippen LogP contribution in [0.3, 0.4) is 0 Å². The van der Waals surface area contributed by atoms with Crippen LogP contribution in [0.5, 0.6) is 0 Å². The fourth-order valence-corrected chi connectivity index (χ4v) is 12.3. The van der Waals surface area contributed by atoms with Crippen LogP contribution >= 0.6 is 0 Å². The first-order chi connectivity index (χ1) is 21.5. The number of carbonyl (C=O) groups excluding carboxylic acids is 1. The highest BCUT2D eigenvalue weighted by atomic mass is 16.7. The van der Waals surface area contributed by atoms with Crippen molar-refractivity contribution in [2.75, 3.05) is 13.2 Å². The van der Waals surface area contributed by atoms with Gasteiger partial charge in [0.1, 0.15) is 24.4 Å². The average molecular weight is 651 g/mol. The molecule has 10 nitrogen and oxygen atoms in total. The summed E-state index contributed by atoms with van der Waals surface area (Å²) in [4.78, 5) is 14.4. The van der Waals surface area contributed by atoms with Gasteiger partial charge in [-0.2, -0.15) is 0 Å². The highest BCUT2D eigenvalue weighted by Crippen LogP contribution is 2.75. The van der Waals surface area contributed by atoms with E-state index in [1.807, 2.05) is 6.92 Å². The number of rotatable bonds is 4. The molecule has 46 heavy (non-hydrogen) atoms. The third-order valence-electron chi connectivity index (χ3n) is 15.4. The third-order valence-corrected chi connectivity index (χ3v) is 15.4. The predicted octanol–water partition coefficient (Wildman–Crippen LogP) is 2.44. The molecule has 1 saturated heterocycles. The number of aliphatic hydroxyl groups excluding tert-OH is 7. The van der Waals surface area contributed by atoms with E-state index in [0.29, 0.717) is 25.2 Å². The highest BCUT2D eigenvalue weighted by molar-refractivity contribution is 5.82. The van der Waals surface area contributed by atoms with Gasteiger partial charge in [-0.15, -0.1) is 0 Å². The molecule has 4 saturated carbocycles. The van der Waals surface area contributed by atoms with Gasteiger partial charge in [0, 0.05) is 5.41 Å². The zero-order chi connectivity index (χ0) is 33.8. The van der Waals surface area contributed by atoms with E-state index in [9.17, 15) is 40.5 Å². The number of esters is 1. The Kier molecular flexibility index (Phi) is 8.66. The number of fused-ring (bicyclic) bond motifs is 6. The molecule has 6 rings (SSSR count). The van der Waals surface area contributed by atoms with Gasteiger partial charge in [-0.1, -0.05) is 52.7 Å². The molecule has 0 unspecified atom stereocenters. The SMILES string of the molecule is C[C@@H]1CC[C@]2(C(=O)O[C@@H]3O[C@H](CO)[C@@H](O)[C@H](O)[C@H]3O)CC[C@]3(C)C(=C2[C@H]1C)CC[C@@H]1[C@@]2(C)C[C@@H](O)[C@H](O)[C@@](C)(CO)[C@@H]2CC[C@]13C. The fourth-order valence-electron chi connectivity index (χ4n) is 12.3. The Bertz CT molecular complexity index is 1240. The van der Waals surface area contributed by atoms with Crippen molar-refractivity contribution in [3.63, 3.8) is 0 Å². The van der Waals surface area contributed by atoms with E-state index in [1.165, 1.54) is 5.57 Å². The van der Waals surface area contributed by atoms with Crippen molar-refractivity contribution in [1.29, 1.82) is 0 Å². The Hall–Kier alpha value is -1.11. The minimum absolute atomic E-state index is 0.0732. The molecule has 0 amide bonds. The summed E-state index contributed by atoms with van der Waals surface area (Å²) in [5, 5.41) is 73.8. The summed E-state index contributed by atoms with van der Waals surface area (Å²) in [7, 11) is 0. The Labute approximate surface area is 273 Å². The van der Waals surface area contributed by atoms with Gasteiger partial charge < -0.3 is 45.2 Å². The second kappa shape index (κ2) is 11.5. The van der Waals surface area contributed by atoms with Crippen molar-refractivity contribution < 1.29 is 50.0 Å². The first-order valence-corrected chi connectivity index (χ1v) is 17.7. The molecule has 7 N–H and O–H groups in total. The average Bonchev–Trinajstić information content (AvgIpc) is 3.02. The maximum absolute atomic E-state index is 14.4. The van der Waals surface area contributed by atoms with Crippen LogP contribution < -0.4 is 0 Å². The standard InChI is InChI=1S/C36H58O10/c1-18-9-12-36(31(44)46-30-28(42)27(41)26(40)22(16-37)45-30)14-13-34(5)20(25(36)19(18)2)7-8-24-32(3)15-21(39)29(43)33(4,17-38)23(32)10-11-35(24,34)6/h18-19,21-24,26-30,37-43H,7-17H2,1-6H3/t18-,19+,21-,22-,23-,24-,26-,27+,28-,29+,30+,32+,33+,34-,35-,36+/m1/s1. The number of allylic oxidation sites excluding steroid dienone is 1. The first-order valence-electron chi connectivity index (χ1n) is 17.7. The van der Waals surface area contributed by atoms with Gasteiger partial charge in [-0.3, -0.25) is 4.79 Å². The maximum atomic E-state index is 14.4. The van der Waals surface area contributed by atoms with Crippen LogP contribution in [0.25, 0.3) is 0 Å². The van der Waals surface area contributed by atoms with E-state index in [1.54, 1.807) is 0 Å². The molecule has 16 atom stereocenters. The Balaban J connectivity index is 1.39. The number of hydrogen-bond acceptors (Lipinski definition) is 10. The topological polar surface area (TPSA) is 177 Å². The quantitative estimate of drug-likeness (QED) is 0.177. The van der Waals surface area contributed by atoms with Crippen LogP contribution in [0.15, 0.2) is 11.1 Å². The molecular formula is C36H58O10.